The first-order valence-corrected chi connectivity index (χ1v) is 9.82. The van der Waals surface area contributed by atoms with Gasteiger partial charge in [0.25, 0.3) is 0 Å². The molecule has 1 aromatic heterocycles. The number of halogens is 1. The number of rotatable bonds is 5. The molecular weight excluding hydrogens is 390 g/mol. The molecule has 1 heterocycles. The third-order valence-electron chi connectivity index (χ3n) is 4.09. The molecule has 0 bridgehead atoms. The number of aromatic nitrogens is 2. The van der Waals surface area contributed by atoms with E-state index in [1.165, 1.54) is 35.9 Å². The Bertz CT molecular complexity index is 1090. The van der Waals surface area contributed by atoms with Gasteiger partial charge < -0.3 is 5.11 Å². The van der Waals surface area contributed by atoms with Gasteiger partial charge in [-0.3, -0.25) is 4.79 Å². The maximum atomic E-state index is 11.5. The van der Waals surface area contributed by atoms with Crippen LogP contribution in [0.1, 0.15) is 18.5 Å². The first-order valence-electron chi connectivity index (χ1n) is 7.90. The van der Waals surface area contributed by atoms with Crippen LogP contribution in [0.25, 0.3) is 16.9 Å². The van der Waals surface area contributed by atoms with Crippen LogP contribution in [0.4, 0.5) is 0 Å². The summed E-state index contributed by atoms with van der Waals surface area (Å²) >= 11 is 6.49. The molecule has 0 saturated heterocycles. The molecule has 0 aliphatic carbocycles. The van der Waals surface area contributed by atoms with Crippen LogP contribution in [-0.2, 0) is 14.8 Å². The van der Waals surface area contributed by atoms with E-state index >= 15 is 0 Å². The molecule has 2 aromatic carbocycles. The van der Waals surface area contributed by atoms with Crippen molar-refractivity contribution >= 4 is 27.6 Å². The molecule has 3 rings (SSSR count). The van der Waals surface area contributed by atoms with Gasteiger partial charge in [0.2, 0.25) is 10.0 Å². The lowest BCUT2D eigenvalue weighted by Crippen LogP contribution is -2.12. The average Bonchev–Trinajstić information content (AvgIpc) is 2.98. The third-order valence-corrected chi connectivity index (χ3v) is 5.39. The fourth-order valence-corrected chi connectivity index (χ4v) is 3.52. The molecule has 140 valence electrons. The summed E-state index contributed by atoms with van der Waals surface area (Å²) in [6, 6.07) is 14.9. The molecule has 27 heavy (non-hydrogen) atoms. The number of sulfonamides is 1. The summed E-state index contributed by atoms with van der Waals surface area (Å²) in [6.07, 6.45) is 0. The summed E-state index contributed by atoms with van der Waals surface area (Å²) in [7, 11) is -3.83. The normalized spacial score (nSPS) is 12.7. The van der Waals surface area contributed by atoms with E-state index in [4.69, 9.17) is 16.7 Å². The summed E-state index contributed by atoms with van der Waals surface area (Å²) in [4.78, 5) is 11.4. The van der Waals surface area contributed by atoms with Crippen molar-refractivity contribution in [3.8, 4) is 16.9 Å². The highest BCUT2D eigenvalue weighted by Gasteiger charge is 2.26. The molecule has 0 saturated carbocycles. The predicted molar refractivity (Wildman–Crippen MR) is 101 cm³/mol. The molecule has 0 unspecified atom stereocenters. The summed E-state index contributed by atoms with van der Waals surface area (Å²) in [5.41, 5.74) is 2.00. The summed E-state index contributed by atoms with van der Waals surface area (Å²) in [5, 5.41) is 19.1. The van der Waals surface area contributed by atoms with Gasteiger partial charge in [0.05, 0.1) is 32.9 Å². The first kappa shape index (κ1) is 19.1. The van der Waals surface area contributed by atoms with Crippen LogP contribution >= 0.6 is 11.6 Å². The third kappa shape index (κ3) is 3.73. The van der Waals surface area contributed by atoms with E-state index in [1.54, 1.807) is 0 Å². The zero-order chi connectivity index (χ0) is 19.8. The second-order valence-electron chi connectivity index (χ2n) is 5.92. The second-order valence-corrected chi connectivity index (χ2v) is 7.86. The Morgan fingerprint density at radius 1 is 1.15 bits per heavy atom. The number of carbonyl (C=O) groups is 1. The van der Waals surface area contributed by atoms with Gasteiger partial charge in [-0.2, -0.15) is 5.10 Å². The van der Waals surface area contributed by atoms with Gasteiger partial charge in [-0.25, -0.2) is 18.2 Å². The van der Waals surface area contributed by atoms with Crippen LogP contribution in [-0.4, -0.2) is 29.3 Å². The van der Waals surface area contributed by atoms with Gasteiger partial charge in [0.1, 0.15) is 0 Å². The van der Waals surface area contributed by atoms with Crippen molar-refractivity contribution in [2.45, 2.75) is 17.7 Å². The monoisotopic (exact) mass is 405 g/mol. The van der Waals surface area contributed by atoms with Crippen LogP contribution in [0.15, 0.2) is 59.5 Å². The van der Waals surface area contributed by atoms with Crippen molar-refractivity contribution in [1.82, 2.24) is 9.78 Å². The van der Waals surface area contributed by atoms with Crippen molar-refractivity contribution in [1.29, 1.82) is 0 Å². The highest BCUT2D eigenvalue weighted by atomic mass is 35.5. The van der Waals surface area contributed by atoms with Gasteiger partial charge in [-0.1, -0.05) is 41.9 Å². The van der Waals surface area contributed by atoms with E-state index in [0.717, 1.165) is 5.56 Å². The largest absolute Gasteiger partial charge is 0.481 e. The maximum absolute atomic E-state index is 11.5. The molecule has 0 spiro atoms. The summed E-state index contributed by atoms with van der Waals surface area (Å²) in [5.74, 6) is -1.96. The number of benzene rings is 2. The lowest BCUT2D eigenvalue weighted by molar-refractivity contribution is -0.138. The Balaban J connectivity index is 2.22. The van der Waals surface area contributed by atoms with Crippen molar-refractivity contribution in [3.05, 3.63) is 65.3 Å². The molecule has 0 aliphatic heterocycles. The van der Waals surface area contributed by atoms with E-state index in [2.05, 4.69) is 5.10 Å². The first-order chi connectivity index (χ1) is 12.7. The number of nitrogens with two attached hydrogens (primary N) is 1. The molecule has 7 nitrogen and oxygen atoms in total. The highest BCUT2D eigenvalue weighted by Crippen LogP contribution is 2.36. The van der Waals surface area contributed by atoms with Gasteiger partial charge in [0, 0.05) is 5.56 Å². The zero-order valence-corrected chi connectivity index (χ0v) is 15.8. The van der Waals surface area contributed by atoms with Crippen molar-refractivity contribution in [2.24, 2.45) is 5.14 Å². The van der Waals surface area contributed by atoms with Gasteiger partial charge in [-0.05, 0) is 31.2 Å². The Kier molecular flexibility index (Phi) is 5.05. The fourth-order valence-electron chi connectivity index (χ4n) is 2.62. The molecule has 0 aliphatic rings. The highest BCUT2D eigenvalue weighted by molar-refractivity contribution is 7.89. The number of hydrogen-bond acceptors (Lipinski definition) is 4. The van der Waals surface area contributed by atoms with Gasteiger partial charge >= 0.3 is 5.97 Å². The molecule has 3 N–H and O–H groups in total. The fraction of sp³-hybridized carbons (Fsp3) is 0.111. The minimum atomic E-state index is -3.83. The summed E-state index contributed by atoms with van der Waals surface area (Å²) < 4.78 is 24.4. The Labute approximate surface area is 161 Å². The Morgan fingerprint density at radius 2 is 1.74 bits per heavy atom. The van der Waals surface area contributed by atoms with Crippen LogP contribution < -0.4 is 5.14 Å². The van der Waals surface area contributed by atoms with Crippen LogP contribution in [0.5, 0.6) is 0 Å². The number of hydrogen-bond donors (Lipinski definition) is 2. The lowest BCUT2D eigenvalue weighted by Gasteiger charge is -2.09. The molecular formula is C18H16ClN3O4S. The molecule has 9 heteroatoms. The van der Waals surface area contributed by atoms with Crippen molar-refractivity contribution in [3.63, 3.8) is 0 Å². The van der Waals surface area contributed by atoms with Crippen molar-refractivity contribution in [2.75, 3.05) is 0 Å². The number of primary sulfonamides is 1. The minimum absolute atomic E-state index is 0.0371. The second kappa shape index (κ2) is 7.15. The van der Waals surface area contributed by atoms with E-state index < -0.39 is 21.9 Å². The number of nitrogens with zero attached hydrogens (tertiary/aromatic N) is 2. The quantitative estimate of drug-likeness (QED) is 0.676. The van der Waals surface area contributed by atoms with Crippen LogP contribution in [0, 0.1) is 0 Å². The number of aliphatic carboxylic acids is 1. The zero-order valence-electron chi connectivity index (χ0n) is 14.2. The molecule has 3 aromatic rings. The van der Waals surface area contributed by atoms with E-state index in [0.29, 0.717) is 11.4 Å². The predicted octanol–water partition coefficient (Wildman–Crippen LogP) is 3.03. The topological polar surface area (TPSA) is 115 Å². The van der Waals surface area contributed by atoms with Gasteiger partial charge in [-0.15, -0.1) is 0 Å². The Hall–Kier alpha value is -2.68. The smallest absolute Gasteiger partial charge is 0.312 e. The maximum Gasteiger partial charge on any atom is 0.312 e. The van der Waals surface area contributed by atoms with Crippen molar-refractivity contribution < 1.29 is 18.3 Å². The number of carboxylic acid groups (broad SMARTS) is 1. The lowest BCUT2D eigenvalue weighted by atomic mass is 10.1. The molecule has 0 radical (unpaired) electrons. The molecule has 0 fully saturated rings. The van der Waals surface area contributed by atoms with E-state index in [1.807, 2.05) is 30.3 Å². The molecule has 1 atom stereocenters. The van der Waals surface area contributed by atoms with Gasteiger partial charge in [0.15, 0.2) is 0 Å². The average molecular weight is 406 g/mol. The number of carboxylic acids is 1. The van der Waals surface area contributed by atoms with Crippen LogP contribution in [0.3, 0.4) is 0 Å². The van der Waals surface area contributed by atoms with Crippen LogP contribution in [0.2, 0.25) is 5.02 Å². The van der Waals surface area contributed by atoms with E-state index in [-0.39, 0.29) is 15.6 Å². The van der Waals surface area contributed by atoms with E-state index in [9.17, 15) is 18.3 Å². The SMILES string of the molecule is C[C@H](C(=O)O)c1nn(-c2ccc(S(N)(=O)=O)cc2)c(-c2ccccc2)c1Cl. The molecule has 0 amide bonds. The summed E-state index contributed by atoms with van der Waals surface area (Å²) in [6.45, 7) is 1.50. The standard InChI is InChI=1S/C18H16ClN3O4S/c1-11(18(23)24)16-15(19)17(12-5-3-2-4-6-12)22(21-16)13-7-9-14(10-8-13)27(20,25)26/h2-11H,1H3,(H,23,24)(H2,20,25,26)/t11-/m0/s1. The minimum Gasteiger partial charge on any atom is -0.481 e. The Morgan fingerprint density at radius 3 is 2.26 bits per heavy atom.